The van der Waals surface area contributed by atoms with Crippen LogP contribution in [0.1, 0.15) is 41.2 Å². The summed E-state index contributed by atoms with van der Waals surface area (Å²) in [7, 11) is -3.53. The van der Waals surface area contributed by atoms with Gasteiger partial charge in [0, 0.05) is 24.8 Å². The molecule has 8 heteroatoms. The van der Waals surface area contributed by atoms with Crippen LogP contribution in [0.5, 0.6) is 11.5 Å². The first-order valence-electron chi connectivity index (χ1n) is 9.55. The van der Waals surface area contributed by atoms with Gasteiger partial charge < -0.3 is 14.4 Å². The lowest BCUT2D eigenvalue weighted by atomic mass is 10.0. The third-order valence-electron chi connectivity index (χ3n) is 5.25. The molecule has 6 nitrogen and oxygen atoms in total. The summed E-state index contributed by atoms with van der Waals surface area (Å²) in [5.41, 5.74) is 1.30. The standard InChI is InChI=1S/C21H22ClNO5S/c1-29(25,26)20-13-15(5-7-16(20)22)21(24)23-9-2-4-17(23)14-6-8-18-19(12-14)28-11-3-10-27-18/h5-8,12-13,17H,2-4,9-11H2,1H3. The van der Waals surface area contributed by atoms with Crippen LogP contribution < -0.4 is 9.47 Å². The van der Waals surface area contributed by atoms with Crippen molar-refractivity contribution in [2.45, 2.75) is 30.2 Å². The fourth-order valence-corrected chi connectivity index (χ4v) is 5.13. The van der Waals surface area contributed by atoms with Crippen molar-refractivity contribution in [3.05, 3.63) is 52.5 Å². The molecule has 0 N–H and O–H groups in total. The van der Waals surface area contributed by atoms with Crippen LogP contribution in [0.2, 0.25) is 5.02 Å². The smallest absolute Gasteiger partial charge is 0.254 e. The maximum atomic E-state index is 13.2. The van der Waals surface area contributed by atoms with E-state index in [0.717, 1.165) is 36.8 Å². The highest BCUT2D eigenvalue weighted by atomic mass is 35.5. The molecule has 0 bridgehead atoms. The van der Waals surface area contributed by atoms with Gasteiger partial charge in [-0.25, -0.2) is 8.42 Å². The average molecular weight is 436 g/mol. The molecule has 0 aliphatic carbocycles. The summed E-state index contributed by atoms with van der Waals surface area (Å²) in [4.78, 5) is 15.0. The summed E-state index contributed by atoms with van der Waals surface area (Å²) < 4.78 is 35.4. The number of hydrogen-bond donors (Lipinski definition) is 0. The molecule has 0 aromatic heterocycles. The van der Waals surface area contributed by atoms with Crippen LogP contribution in [-0.2, 0) is 9.84 Å². The Bertz CT molecular complexity index is 1050. The Labute approximate surface area is 175 Å². The predicted molar refractivity (Wildman–Crippen MR) is 110 cm³/mol. The minimum atomic E-state index is -3.53. The van der Waals surface area contributed by atoms with Crippen molar-refractivity contribution in [3.63, 3.8) is 0 Å². The lowest BCUT2D eigenvalue weighted by Gasteiger charge is -2.26. The fraction of sp³-hybridized carbons (Fsp3) is 0.381. The van der Waals surface area contributed by atoms with Gasteiger partial charge in [0.1, 0.15) is 0 Å². The van der Waals surface area contributed by atoms with Crippen molar-refractivity contribution >= 4 is 27.3 Å². The van der Waals surface area contributed by atoms with E-state index in [1.54, 1.807) is 11.0 Å². The molecule has 154 valence electrons. The van der Waals surface area contributed by atoms with E-state index < -0.39 is 9.84 Å². The minimum absolute atomic E-state index is 0.0312. The van der Waals surface area contributed by atoms with Crippen LogP contribution in [0.25, 0.3) is 0 Å². The van der Waals surface area contributed by atoms with Gasteiger partial charge in [-0.05, 0) is 48.7 Å². The molecule has 0 spiro atoms. The zero-order valence-electron chi connectivity index (χ0n) is 16.1. The first-order chi connectivity index (χ1) is 13.8. The molecule has 2 aromatic rings. The van der Waals surface area contributed by atoms with Gasteiger partial charge in [-0.2, -0.15) is 0 Å². The summed E-state index contributed by atoms with van der Waals surface area (Å²) in [5.74, 6) is 1.21. The number of halogens is 1. The van der Waals surface area contributed by atoms with Crippen LogP contribution >= 0.6 is 11.6 Å². The third-order valence-corrected chi connectivity index (χ3v) is 6.83. The minimum Gasteiger partial charge on any atom is -0.490 e. The second-order valence-electron chi connectivity index (χ2n) is 7.33. The second-order valence-corrected chi connectivity index (χ2v) is 9.72. The topological polar surface area (TPSA) is 72.9 Å². The number of carbonyl (C=O) groups is 1. The maximum absolute atomic E-state index is 13.2. The number of nitrogens with zero attached hydrogens (tertiary/aromatic N) is 1. The van der Waals surface area contributed by atoms with Gasteiger partial charge in [0.2, 0.25) is 0 Å². The average Bonchev–Trinajstić information content (AvgIpc) is 3.05. The van der Waals surface area contributed by atoms with E-state index >= 15 is 0 Å². The SMILES string of the molecule is CS(=O)(=O)c1cc(C(=O)N2CCCC2c2ccc3c(c2)OCCCO3)ccc1Cl. The van der Waals surface area contributed by atoms with Crippen LogP contribution in [0.3, 0.4) is 0 Å². The number of carbonyl (C=O) groups excluding carboxylic acids is 1. The zero-order valence-corrected chi connectivity index (χ0v) is 17.6. The number of benzene rings is 2. The van der Waals surface area contributed by atoms with E-state index in [1.807, 2.05) is 18.2 Å². The predicted octanol–water partition coefficient (Wildman–Crippen LogP) is 3.88. The Balaban J connectivity index is 1.64. The van der Waals surface area contributed by atoms with E-state index in [2.05, 4.69) is 0 Å². The Hall–Kier alpha value is -2.25. The van der Waals surface area contributed by atoms with Gasteiger partial charge in [0.05, 0.1) is 29.2 Å². The highest BCUT2D eigenvalue weighted by Crippen LogP contribution is 2.38. The molecule has 2 aromatic carbocycles. The van der Waals surface area contributed by atoms with E-state index in [-0.39, 0.29) is 21.9 Å². The summed E-state index contributed by atoms with van der Waals surface area (Å²) in [6.07, 6.45) is 3.62. The highest BCUT2D eigenvalue weighted by Gasteiger charge is 2.32. The normalized spacial score (nSPS) is 19.1. The van der Waals surface area contributed by atoms with Crippen molar-refractivity contribution < 1.29 is 22.7 Å². The van der Waals surface area contributed by atoms with Crippen molar-refractivity contribution in [2.24, 2.45) is 0 Å². The van der Waals surface area contributed by atoms with Crippen LogP contribution in [0, 0.1) is 0 Å². The maximum Gasteiger partial charge on any atom is 0.254 e. The van der Waals surface area contributed by atoms with Crippen LogP contribution in [0.15, 0.2) is 41.3 Å². The van der Waals surface area contributed by atoms with Crippen molar-refractivity contribution in [2.75, 3.05) is 26.0 Å². The molecule has 4 rings (SSSR count). The molecule has 1 fully saturated rings. The van der Waals surface area contributed by atoms with Gasteiger partial charge in [0.15, 0.2) is 21.3 Å². The first kappa shape index (κ1) is 20.0. The molecule has 0 radical (unpaired) electrons. The molecule has 1 unspecified atom stereocenters. The first-order valence-corrected chi connectivity index (χ1v) is 11.8. The summed E-state index contributed by atoms with van der Waals surface area (Å²) in [6.45, 7) is 1.83. The quantitative estimate of drug-likeness (QED) is 0.731. The molecule has 1 saturated heterocycles. The Kier molecular flexibility index (Phi) is 5.44. The molecule has 2 aliphatic heterocycles. The molecule has 1 amide bonds. The fourth-order valence-electron chi connectivity index (χ4n) is 3.83. The van der Waals surface area contributed by atoms with Crippen molar-refractivity contribution in [3.8, 4) is 11.5 Å². The molecule has 29 heavy (non-hydrogen) atoms. The number of rotatable bonds is 3. The van der Waals surface area contributed by atoms with E-state index in [4.69, 9.17) is 21.1 Å². The lowest BCUT2D eigenvalue weighted by Crippen LogP contribution is -2.30. The van der Waals surface area contributed by atoms with Gasteiger partial charge in [-0.1, -0.05) is 17.7 Å². The van der Waals surface area contributed by atoms with E-state index in [9.17, 15) is 13.2 Å². The van der Waals surface area contributed by atoms with Gasteiger partial charge >= 0.3 is 0 Å². The summed E-state index contributed by atoms with van der Waals surface area (Å²) in [6, 6.07) is 10.1. The zero-order chi connectivity index (χ0) is 20.6. The van der Waals surface area contributed by atoms with Gasteiger partial charge in [0.25, 0.3) is 5.91 Å². The molecule has 1 atom stereocenters. The van der Waals surface area contributed by atoms with E-state index in [1.165, 1.54) is 12.1 Å². The highest BCUT2D eigenvalue weighted by molar-refractivity contribution is 7.90. The number of amides is 1. The Morgan fingerprint density at radius 2 is 1.83 bits per heavy atom. The largest absolute Gasteiger partial charge is 0.490 e. The number of likely N-dealkylation sites (tertiary alicyclic amines) is 1. The third kappa shape index (κ3) is 4.07. The molecule has 0 saturated carbocycles. The van der Waals surface area contributed by atoms with Gasteiger partial charge in [-0.3, -0.25) is 4.79 Å². The Morgan fingerprint density at radius 1 is 1.07 bits per heavy atom. The summed E-state index contributed by atoms with van der Waals surface area (Å²) in [5, 5.41) is 0.116. The Morgan fingerprint density at radius 3 is 2.59 bits per heavy atom. The monoisotopic (exact) mass is 435 g/mol. The number of fused-ring (bicyclic) bond motifs is 1. The number of sulfone groups is 1. The van der Waals surface area contributed by atoms with Crippen molar-refractivity contribution in [1.82, 2.24) is 4.90 Å². The number of hydrogen-bond acceptors (Lipinski definition) is 5. The lowest BCUT2D eigenvalue weighted by molar-refractivity contribution is 0.0735. The second kappa shape index (κ2) is 7.88. The van der Waals surface area contributed by atoms with E-state index in [0.29, 0.717) is 31.1 Å². The summed E-state index contributed by atoms with van der Waals surface area (Å²) >= 11 is 6.02. The van der Waals surface area contributed by atoms with Crippen LogP contribution in [-0.4, -0.2) is 45.2 Å². The van der Waals surface area contributed by atoms with Crippen LogP contribution in [0.4, 0.5) is 0 Å². The van der Waals surface area contributed by atoms with Crippen molar-refractivity contribution in [1.29, 1.82) is 0 Å². The molecular weight excluding hydrogens is 414 g/mol. The molecule has 2 aliphatic rings. The molecular formula is C21H22ClNO5S. The van der Waals surface area contributed by atoms with Gasteiger partial charge in [-0.15, -0.1) is 0 Å². The molecule has 2 heterocycles. The number of ether oxygens (including phenoxy) is 2.